The molecule has 0 unspecified atom stereocenters. The number of halogens is 2. The van der Waals surface area contributed by atoms with Crippen LogP contribution in [0.25, 0.3) is 0 Å². The van der Waals surface area contributed by atoms with E-state index < -0.39 is 30.2 Å². The molecule has 0 saturated heterocycles. The van der Waals surface area contributed by atoms with Gasteiger partial charge in [-0.1, -0.05) is 0 Å². The van der Waals surface area contributed by atoms with Crippen molar-refractivity contribution >= 4 is 12.2 Å². The van der Waals surface area contributed by atoms with Gasteiger partial charge in [-0.2, -0.15) is 0 Å². The SMILES string of the molecule is CC(=O)NC1(C=O)CC(F)(F)C1. The monoisotopic (exact) mass is 177 g/mol. The minimum absolute atomic E-state index is 0.381. The van der Waals surface area contributed by atoms with Crippen molar-refractivity contribution in [2.45, 2.75) is 31.2 Å². The summed E-state index contributed by atoms with van der Waals surface area (Å²) in [4.78, 5) is 20.9. The van der Waals surface area contributed by atoms with E-state index in [0.717, 1.165) is 0 Å². The molecule has 0 aromatic carbocycles. The van der Waals surface area contributed by atoms with Crippen LogP contribution in [-0.2, 0) is 9.59 Å². The summed E-state index contributed by atoms with van der Waals surface area (Å²) in [5.74, 6) is -3.26. The van der Waals surface area contributed by atoms with Crippen LogP contribution in [0.4, 0.5) is 8.78 Å². The molecule has 12 heavy (non-hydrogen) atoms. The van der Waals surface area contributed by atoms with Gasteiger partial charge in [0.15, 0.2) is 0 Å². The molecule has 68 valence electrons. The van der Waals surface area contributed by atoms with E-state index in [1.807, 2.05) is 0 Å². The van der Waals surface area contributed by atoms with E-state index in [4.69, 9.17) is 0 Å². The Morgan fingerprint density at radius 2 is 2.00 bits per heavy atom. The molecule has 1 aliphatic rings. The standard InChI is InChI=1S/C7H9F2NO2/c1-5(12)10-6(4-11)2-7(8,9)3-6/h4H,2-3H2,1H3,(H,10,12). The number of rotatable bonds is 2. The topological polar surface area (TPSA) is 46.2 Å². The van der Waals surface area contributed by atoms with Crippen molar-refractivity contribution in [3.05, 3.63) is 0 Å². The first-order valence-electron chi connectivity index (χ1n) is 3.52. The third-order valence-electron chi connectivity index (χ3n) is 1.80. The fraction of sp³-hybridized carbons (Fsp3) is 0.714. The first-order valence-corrected chi connectivity index (χ1v) is 3.52. The maximum atomic E-state index is 12.4. The molecule has 1 aliphatic carbocycles. The highest BCUT2D eigenvalue weighted by Crippen LogP contribution is 2.44. The van der Waals surface area contributed by atoms with Gasteiger partial charge in [0, 0.05) is 19.8 Å². The third-order valence-corrected chi connectivity index (χ3v) is 1.80. The molecular formula is C7H9F2NO2. The lowest BCUT2D eigenvalue weighted by Gasteiger charge is -2.43. The van der Waals surface area contributed by atoms with Crippen molar-refractivity contribution in [3.8, 4) is 0 Å². The van der Waals surface area contributed by atoms with Crippen molar-refractivity contribution in [2.24, 2.45) is 0 Å². The van der Waals surface area contributed by atoms with E-state index >= 15 is 0 Å². The normalized spacial score (nSPS) is 23.9. The zero-order valence-corrected chi connectivity index (χ0v) is 6.56. The Balaban J connectivity index is 2.59. The minimum atomic E-state index is -2.80. The molecule has 1 rings (SSSR count). The molecule has 1 amide bonds. The molecule has 0 heterocycles. The third kappa shape index (κ3) is 1.60. The van der Waals surface area contributed by atoms with Crippen molar-refractivity contribution in [1.82, 2.24) is 5.32 Å². The molecule has 0 aromatic heterocycles. The van der Waals surface area contributed by atoms with Crippen LogP contribution in [-0.4, -0.2) is 23.7 Å². The lowest BCUT2D eigenvalue weighted by molar-refractivity contribution is -0.155. The Labute approximate surface area is 68.1 Å². The maximum Gasteiger partial charge on any atom is 0.253 e. The van der Waals surface area contributed by atoms with Crippen molar-refractivity contribution < 1.29 is 18.4 Å². The number of amides is 1. The van der Waals surface area contributed by atoms with Crippen LogP contribution in [0.2, 0.25) is 0 Å². The van der Waals surface area contributed by atoms with Crippen molar-refractivity contribution in [3.63, 3.8) is 0 Å². The smallest absolute Gasteiger partial charge is 0.253 e. The summed E-state index contributed by atoms with van der Waals surface area (Å²) in [5, 5.41) is 2.21. The molecular weight excluding hydrogens is 168 g/mol. The van der Waals surface area contributed by atoms with Crippen LogP contribution in [0, 0.1) is 0 Å². The molecule has 0 bridgehead atoms. The molecule has 0 spiro atoms. The lowest BCUT2D eigenvalue weighted by Crippen LogP contribution is -2.63. The van der Waals surface area contributed by atoms with E-state index in [0.29, 0.717) is 6.29 Å². The summed E-state index contributed by atoms with van der Waals surface area (Å²) in [5.41, 5.74) is -1.31. The van der Waals surface area contributed by atoms with Gasteiger partial charge < -0.3 is 10.1 Å². The molecule has 0 atom stereocenters. The number of carbonyl (C=O) groups excluding carboxylic acids is 2. The lowest BCUT2D eigenvalue weighted by atomic mass is 9.74. The Morgan fingerprint density at radius 1 is 1.50 bits per heavy atom. The highest BCUT2D eigenvalue weighted by atomic mass is 19.3. The summed E-state index contributed by atoms with van der Waals surface area (Å²) in [6.45, 7) is 1.20. The van der Waals surface area contributed by atoms with Crippen LogP contribution in [0.3, 0.4) is 0 Å². The second-order valence-corrected chi connectivity index (χ2v) is 3.16. The van der Waals surface area contributed by atoms with Crippen molar-refractivity contribution in [1.29, 1.82) is 0 Å². The summed E-state index contributed by atoms with van der Waals surface area (Å²) >= 11 is 0. The highest BCUT2D eigenvalue weighted by molar-refractivity contribution is 5.80. The first kappa shape index (κ1) is 9.09. The zero-order valence-electron chi connectivity index (χ0n) is 6.56. The quantitative estimate of drug-likeness (QED) is 0.624. The molecule has 1 N–H and O–H groups in total. The van der Waals surface area contributed by atoms with E-state index in [1.54, 1.807) is 0 Å². The molecule has 0 aliphatic heterocycles. The van der Waals surface area contributed by atoms with Gasteiger partial charge in [-0.25, -0.2) is 8.78 Å². The predicted octanol–water partition coefficient (Wildman–Crippen LogP) is 0.489. The average Bonchev–Trinajstić information content (AvgIpc) is 1.81. The van der Waals surface area contributed by atoms with Crippen LogP contribution >= 0.6 is 0 Å². The fourth-order valence-electron chi connectivity index (χ4n) is 1.42. The van der Waals surface area contributed by atoms with Gasteiger partial charge in [-0.15, -0.1) is 0 Å². The maximum absolute atomic E-state index is 12.4. The van der Waals surface area contributed by atoms with Gasteiger partial charge in [-0.3, -0.25) is 4.79 Å². The Bertz CT molecular complexity index is 219. The van der Waals surface area contributed by atoms with Crippen LogP contribution < -0.4 is 5.32 Å². The minimum Gasteiger partial charge on any atom is -0.344 e. The molecule has 3 nitrogen and oxygen atoms in total. The number of hydrogen-bond acceptors (Lipinski definition) is 2. The Hall–Kier alpha value is -1.00. The summed E-state index contributed by atoms with van der Waals surface area (Å²) in [6, 6.07) is 0. The highest BCUT2D eigenvalue weighted by Gasteiger charge is 2.57. The fourth-order valence-corrected chi connectivity index (χ4v) is 1.42. The van der Waals surface area contributed by atoms with Crippen molar-refractivity contribution in [2.75, 3.05) is 0 Å². The van der Waals surface area contributed by atoms with Gasteiger partial charge in [0.25, 0.3) is 5.92 Å². The second kappa shape index (κ2) is 2.50. The van der Waals surface area contributed by atoms with Gasteiger partial charge >= 0.3 is 0 Å². The molecule has 1 saturated carbocycles. The average molecular weight is 177 g/mol. The number of aldehydes is 1. The first-order chi connectivity index (χ1) is 5.39. The number of hydrogen-bond donors (Lipinski definition) is 1. The van der Waals surface area contributed by atoms with Gasteiger partial charge in [0.2, 0.25) is 5.91 Å². The van der Waals surface area contributed by atoms with Crippen LogP contribution in [0.5, 0.6) is 0 Å². The number of alkyl halides is 2. The Morgan fingerprint density at radius 3 is 2.25 bits per heavy atom. The van der Waals surface area contributed by atoms with E-state index in [2.05, 4.69) is 5.32 Å². The van der Waals surface area contributed by atoms with Crippen LogP contribution in [0.15, 0.2) is 0 Å². The molecule has 0 aromatic rings. The molecule has 0 radical (unpaired) electrons. The van der Waals surface area contributed by atoms with Gasteiger partial charge in [-0.05, 0) is 0 Å². The van der Waals surface area contributed by atoms with E-state index in [9.17, 15) is 18.4 Å². The zero-order chi connectivity index (χ0) is 9.41. The summed E-state index contributed by atoms with van der Waals surface area (Å²) in [6.07, 6.45) is -0.780. The summed E-state index contributed by atoms with van der Waals surface area (Å²) < 4.78 is 24.7. The Kier molecular flexibility index (Phi) is 1.89. The second-order valence-electron chi connectivity index (χ2n) is 3.16. The van der Waals surface area contributed by atoms with Gasteiger partial charge in [0.1, 0.15) is 11.8 Å². The van der Waals surface area contributed by atoms with E-state index in [-0.39, 0.29) is 0 Å². The van der Waals surface area contributed by atoms with E-state index in [1.165, 1.54) is 6.92 Å². The van der Waals surface area contributed by atoms with Gasteiger partial charge in [0.05, 0.1) is 0 Å². The number of carbonyl (C=O) groups is 2. The number of nitrogens with one attached hydrogen (secondary N) is 1. The largest absolute Gasteiger partial charge is 0.344 e. The molecule has 1 fully saturated rings. The van der Waals surface area contributed by atoms with Crippen LogP contribution in [0.1, 0.15) is 19.8 Å². The molecule has 5 heteroatoms. The predicted molar refractivity (Wildman–Crippen MR) is 36.8 cm³/mol. The summed E-state index contributed by atoms with van der Waals surface area (Å²) in [7, 11) is 0.